The van der Waals surface area contributed by atoms with E-state index in [1.807, 2.05) is 55.0 Å². The lowest BCUT2D eigenvalue weighted by atomic mass is 10.1. The Kier molecular flexibility index (Phi) is 5.41. The van der Waals surface area contributed by atoms with Crippen LogP contribution in [0.3, 0.4) is 0 Å². The molecule has 0 saturated carbocycles. The molecule has 0 amide bonds. The van der Waals surface area contributed by atoms with Crippen LogP contribution in [0.15, 0.2) is 91.6 Å². The molecule has 6 heteroatoms. The highest BCUT2D eigenvalue weighted by molar-refractivity contribution is 6.07. The van der Waals surface area contributed by atoms with Gasteiger partial charge in [0.25, 0.3) is 0 Å². The van der Waals surface area contributed by atoms with Gasteiger partial charge in [-0.15, -0.1) is 0 Å². The Hall–Kier alpha value is -4.58. The third-order valence-corrected chi connectivity index (χ3v) is 6.33. The summed E-state index contributed by atoms with van der Waals surface area (Å²) >= 11 is 0. The summed E-state index contributed by atoms with van der Waals surface area (Å²) < 4.78 is 8.23. The Morgan fingerprint density at radius 3 is 2.47 bits per heavy atom. The number of fused-ring (bicyclic) bond motifs is 3. The summed E-state index contributed by atoms with van der Waals surface area (Å²) in [5, 5.41) is 1.09. The van der Waals surface area contributed by atoms with Crippen molar-refractivity contribution in [3.05, 3.63) is 103 Å². The number of hydrogen-bond acceptors (Lipinski definition) is 5. The molecule has 5 aromatic heterocycles. The largest absolute Gasteiger partial charge is 0.437 e. The highest BCUT2D eigenvalue weighted by atomic mass is 16.5. The van der Waals surface area contributed by atoms with E-state index in [4.69, 9.17) is 9.72 Å². The molecule has 0 aliphatic carbocycles. The van der Waals surface area contributed by atoms with Gasteiger partial charge in [-0.05, 0) is 60.4 Å². The molecule has 1 aromatic carbocycles. The van der Waals surface area contributed by atoms with E-state index < -0.39 is 0 Å². The summed E-state index contributed by atoms with van der Waals surface area (Å²) in [5.74, 6) is 2.44. The van der Waals surface area contributed by atoms with Gasteiger partial charge in [-0.1, -0.05) is 32.0 Å². The maximum absolute atomic E-state index is 6.06. The van der Waals surface area contributed by atoms with Crippen molar-refractivity contribution in [1.29, 1.82) is 0 Å². The molecule has 0 aliphatic rings. The monoisotopic (exact) mass is 471 g/mol. The highest BCUT2D eigenvalue weighted by Crippen LogP contribution is 2.34. The molecule has 0 radical (unpaired) electrons. The molecule has 6 nitrogen and oxygen atoms in total. The summed E-state index contributed by atoms with van der Waals surface area (Å²) in [6.07, 6.45) is 9.03. The van der Waals surface area contributed by atoms with Gasteiger partial charge >= 0.3 is 0 Å². The molecule has 0 spiro atoms. The Morgan fingerprint density at radius 2 is 1.61 bits per heavy atom. The Morgan fingerprint density at radius 1 is 0.778 bits per heavy atom. The molecule has 176 valence electrons. The van der Waals surface area contributed by atoms with Gasteiger partial charge in [0.1, 0.15) is 11.6 Å². The summed E-state index contributed by atoms with van der Waals surface area (Å²) in [5.41, 5.74) is 7.19. The first-order valence-electron chi connectivity index (χ1n) is 12.0. The lowest BCUT2D eigenvalue weighted by molar-refractivity contribution is 0.460. The molecule has 36 heavy (non-hydrogen) atoms. The average molecular weight is 472 g/mol. The van der Waals surface area contributed by atoms with E-state index in [0.717, 1.165) is 44.4 Å². The molecule has 0 bridgehead atoms. The molecule has 0 unspecified atom stereocenters. The summed E-state index contributed by atoms with van der Waals surface area (Å²) in [6.45, 7) is 6.37. The van der Waals surface area contributed by atoms with Crippen LogP contribution in [0.5, 0.6) is 11.6 Å². The van der Waals surface area contributed by atoms with Crippen LogP contribution in [-0.2, 0) is 0 Å². The zero-order chi connectivity index (χ0) is 24.6. The highest BCUT2D eigenvalue weighted by Gasteiger charge is 2.15. The van der Waals surface area contributed by atoms with E-state index in [1.165, 1.54) is 5.56 Å². The first-order chi connectivity index (χ1) is 17.6. The van der Waals surface area contributed by atoms with Crippen molar-refractivity contribution in [2.45, 2.75) is 26.7 Å². The Labute approximate surface area is 209 Å². The quantitative estimate of drug-likeness (QED) is 0.265. The topological polar surface area (TPSA) is 65.7 Å². The number of rotatable bonds is 5. The van der Waals surface area contributed by atoms with E-state index in [-0.39, 0.29) is 0 Å². The van der Waals surface area contributed by atoms with Gasteiger partial charge in [0.15, 0.2) is 0 Å². The summed E-state index contributed by atoms with van der Waals surface area (Å²) in [6, 6.07) is 20.5. The minimum atomic E-state index is 0.396. The third kappa shape index (κ3) is 3.96. The van der Waals surface area contributed by atoms with Gasteiger partial charge in [0.2, 0.25) is 5.88 Å². The van der Waals surface area contributed by atoms with Gasteiger partial charge in [-0.3, -0.25) is 14.5 Å². The maximum atomic E-state index is 6.06. The fourth-order valence-corrected chi connectivity index (χ4v) is 4.47. The number of ether oxygens (including phenoxy) is 1. The second kappa shape index (κ2) is 8.89. The molecular formula is C30H25N5O. The lowest BCUT2D eigenvalue weighted by Gasteiger charge is -2.10. The number of aryl methyl sites for hydroxylation is 1. The first kappa shape index (κ1) is 21.9. The van der Waals surface area contributed by atoms with Crippen LogP contribution in [0.1, 0.15) is 30.9 Å². The van der Waals surface area contributed by atoms with Crippen molar-refractivity contribution >= 4 is 21.9 Å². The van der Waals surface area contributed by atoms with Crippen molar-refractivity contribution in [2.75, 3.05) is 0 Å². The number of pyridine rings is 4. The fourth-order valence-electron chi connectivity index (χ4n) is 4.47. The zero-order valence-corrected chi connectivity index (χ0v) is 20.4. The zero-order valence-electron chi connectivity index (χ0n) is 20.4. The van der Waals surface area contributed by atoms with Crippen LogP contribution in [0.2, 0.25) is 0 Å². The number of aromatic nitrogens is 5. The Bertz CT molecular complexity index is 1720. The normalized spacial score (nSPS) is 11.4. The van der Waals surface area contributed by atoms with Crippen LogP contribution >= 0.6 is 0 Å². The van der Waals surface area contributed by atoms with Crippen molar-refractivity contribution in [3.63, 3.8) is 0 Å². The smallest absolute Gasteiger partial charge is 0.219 e. The number of hydrogen-bond donors (Lipinski definition) is 0. The summed E-state index contributed by atoms with van der Waals surface area (Å²) in [7, 11) is 0. The van der Waals surface area contributed by atoms with Crippen LogP contribution in [0, 0.1) is 6.92 Å². The SMILES string of the molecule is Cc1ccnc(-n2c3ccccc3c3ncc(-c4cncc(Oc5cc(C(C)C)ccn5)c4)cc32)c1. The van der Waals surface area contributed by atoms with Gasteiger partial charge in [-0.2, -0.15) is 0 Å². The van der Waals surface area contributed by atoms with Crippen molar-refractivity contribution in [3.8, 4) is 28.6 Å². The molecule has 5 heterocycles. The first-order valence-corrected chi connectivity index (χ1v) is 12.0. The predicted molar refractivity (Wildman–Crippen MR) is 143 cm³/mol. The minimum Gasteiger partial charge on any atom is -0.437 e. The van der Waals surface area contributed by atoms with Crippen molar-refractivity contribution in [2.24, 2.45) is 0 Å². The second-order valence-corrected chi connectivity index (χ2v) is 9.23. The minimum absolute atomic E-state index is 0.396. The molecule has 0 atom stereocenters. The van der Waals surface area contributed by atoms with E-state index in [1.54, 1.807) is 12.4 Å². The van der Waals surface area contributed by atoms with Gasteiger partial charge < -0.3 is 4.74 Å². The summed E-state index contributed by atoms with van der Waals surface area (Å²) in [4.78, 5) is 18.3. The molecule has 0 fully saturated rings. The maximum Gasteiger partial charge on any atom is 0.219 e. The molecule has 0 aliphatic heterocycles. The fraction of sp³-hybridized carbons (Fsp3) is 0.133. The van der Waals surface area contributed by atoms with Crippen molar-refractivity contribution < 1.29 is 4.74 Å². The number of para-hydroxylation sites is 1. The predicted octanol–water partition coefficient (Wildman–Crippen LogP) is 7.25. The van der Waals surface area contributed by atoms with E-state index in [2.05, 4.69) is 64.6 Å². The van der Waals surface area contributed by atoms with Gasteiger partial charge in [0, 0.05) is 47.4 Å². The van der Waals surface area contributed by atoms with Crippen molar-refractivity contribution in [1.82, 2.24) is 24.5 Å². The molecule has 6 rings (SSSR count). The molecule has 6 aromatic rings. The molecule has 0 saturated heterocycles. The van der Waals surface area contributed by atoms with Gasteiger partial charge in [-0.25, -0.2) is 9.97 Å². The van der Waals surface area contributed by atoms with Crippen LogP contribution in [0.25, 0.3) is 38.9 Å². The lowest BCUT2D eigenvalue weighted by Crippen LogP contribution is -1.98. The van der Waals surface area contributed by atoms with Crippen LogP contribution < -0.4 is 4.74 Å². The number of benzene rings is 1. The number of nitrogens with zero attached hydrogens (tertiary/aromatic N) is 5. The van der Waals surface area contributed by atoms with Gasteiger partial charge in [0.05, 0.1) is 22.7 Å². The standard InChI is InChI=1S/C30H25N5O/c1-19(2)21-9-11-33-29(15-21)36-24-13-22(16-31-18-24)23-14-27-30(34-17-23)25-6-4-5-7-26(25)35(27)28-12-20(3)8-10-32-28/h4-19H,1-3H3. The third-order valence-electron chi connectivity index (χ3n) is 6.33. The Balaban J connectivity index is 1.45. The van der Waals surface area contributed by atoms with E-state index >= 15 is 0 Å². The second-order valence-electron chi connectivity index (χ2n) is 9.23. The average Bonchev–Trinajstić information content (AvgIpc) is 3.23. The van der Waals surface area contributed by atoms with Crippen LogP contribution in [-0.4, -0.2) is 24.5 Å². The molecule has 0 N–H and O–H groups in total. The molecular weight excluding hydrogens is 446 g/mol. The van der Waals surface area contributed by atoms with E-state index in [9.17, 15) is 0 Å². The van der Waals surface area contributed by atoms with Crippen LogP contribution in [0.4, 0.5) is 0 Å². The van der Waals surface area contributed by atoms with E-state index in [0.29, 0.717) is 17.5 Å².